The van der Waals surface area contributed by atoms with Crippen LogP contribution in [0, 0.1) is 18.3 Å². The van der Waals surface area contributed by atoms with E-state index in [2.05, 4.69) is 21.3 Å². The molecule has 2 heterocycles. The van der Waals surface area contributed by atoms with Crippen molar-refractivity contribution in [3.05, 3.63) is 58.7 Å². The van der Waals surface area contributed by atoms with Crippen molar-refractivity contribution in [3.8, 4) is 23.3 Å². The Morgan fingerprint density at radius 2 is 1.76 bits per heavy atom. The number of nitrogens with zero attached hydrogens (tertiary/aromatic N) is 3. The maximum atomic E-state index is 9.84. The third-order valence-corrected chi connectivity index (χ3v) is 7.05. The highest BCUT2D eigenvalue weighted by molar-refractivity contribution is 6.33. The van der Waals surface area contributed by atoms with E-state index in [0.717, 1.165) is 60.1 Å². The molecule has 5 rings (SSSR count). The van der Waals surface area contributed by atoms with Crippen LogP contribution in [-0.4, -0.2) is 63.6 Å². The van der Waals surface area contributed by atoms with Crippen LogP contribution in [0.1, 0.15) is 11.1 Å². The summed E-state index contributed by atoms with van der Waals surface area (Å²) in [5.41, 5.74) is 3.32. The molecule has 1 aliphatic heterocycles. The van der Waals surface area contributed by atoms with Crippen LogP contribution in [0.3, 0.4) is 0 Å². The van der Waals surface area contributed by atoms with Crippen LogP contribution in [0.4, 0.5) is 11.4 Å². The van der Waals surface area contributed by atoms with E-state index in [9.17, 15) is 5.26 Å². The molecule has 196 valence electrons. The van der Waals surface area contributed by atoms with Crippen molar-refractivity contribution < 1.29 is 18.9 Å². The van der Waals surface area contributed by atoms with Crippen molar-refractivity contribution in [2.45, 2.75) is 6.92 Å². The molecular formula is C29H29ClN4O4. The number of hydrogen-bond acceptors (Lipinski definition) is 8. The largest absolute Gasteiger partial charge is 0.496 e. The number of methoxy groups -OCH3 is 2. The fourth-order valence-electron chi connectivity index (χ4n) is 4.65. The molecule has 1 saturated heterocycles. The Hall–Kier alpha value is -3.77. The molecular weight excluding hydrogens is 504 g/mol. The first-order valence-electron chi connectivity index (χ1n) is 12.4. The molecule has 1 aromatic heterocycles. The Kier molecular flexibility index (Phi) is 7.70. The van der Waals surface area contributed by atoms with Crippen molar-refractivity contribution in [2.75, 3.05) is 59.0 Å². The second-order valence-corrected chi connectivity index (χ2v) is 9.51. The van der Waals surface area contributed by atoms with E-state index in [4.69, 9.17) is 30.5 Å². The van der Waals surface area contributed by atoms with Crippen LogP contribution < -0.4 is 19.5 Å². The molecule has 0 amide bonds. The highest BCUT2D eigenvalue weighted by Gasteiger charge is 2.16. The standard InChI is InChI=1S/C29H29ClN4O4/c1-18-10-23(30)25(15-26(18)35-2)33-29-21(16-31)17-32-24-12-20-14-28(27(36-3)13-19(20)11-22(24)29)38-9-6-34-4-7-37-8-5-34/h10-15,17H,4-9H2,1-3H3,(H,32,33). The van der Waals surface area contributed by atoms with E-state index in [-0.39, 0.29) is 0 Å². The maximum Gasteiger partial charge on any atom is 0.161 e. The van der Waals surface area contributed by atoms with Gasteiger partial charge in [0.25, 0.3) is 0 Å². The topological polar surface area (TPSA) is 88.9 Å². The van der Waals surface area contributed by atoms with Gasteiger partial charge in [-0.15, -0.1) is 0 Å². The van der Waals surface area contributed by atoms with Crippen LogP contribution in [0.25, 0.3) is 21.7 Å². The molecule has 38 heavy (non-hydrogen) atoms. The lowest BCUT2D eigenvalue weighted by atomic mass is 10.0. The fraction of sp³-hybridized carbons (Fsp3) is 0.310. The maximum absolute atomic E-state index is 9.84. The second kappa shape index (κ2) is 11.3. The number of rotatable bonds is 8. The van der Waals surface area contributed by atoms with Gasteiger partial charge in [0.05, 0.1) is 54.9 Å². The van der Waals surface area contributed by atoms with Crippen LogP contribution in [0.2, 0.25) is 5.02 Å². The quantitative estimate of drug-likeness (QED) is 0.289. The number of halogens is 1. The second-order valence-electron chi connectivity index (χ2n) is 9.11. The molecule has 9 heteroatoms. The smallest absolute Gasteiger partial charge is 0.161 e. The van der Waals surface area contributed by atoms with Crippen molar-refractivity contribution in [3.63, 3.8) is 0 Å². The molecule has 1 aliphatic rings. The predicted molar refractivity (Wildman–Crippen MR) is 149 cm³/mol. The highest BCUT2D eigenvalue weighted by Crippen LogP contribution is 2.39. The van der Waals surface area contributed by atoms with E-state index in [0.29, 0.717) is 45.8 Å². The third kappa shape index (κ3) is 5.27. The van der Waals surface area contributed by atoms with E-state index in [1.165, 1.54) is 0 Å². The number of nitriles is 1. The number of anilines is 2. The lowest BCUT2D eigenvalue weighted by molar-refractivity contribution is 0.0321. The van der Waals surface area contributed by atoms with Gasteiger partial charge in [-0.3, -0.25) is 9.88 Å². The third-order valence-electron chi connectivity index (χ3n) is 6.74. The molecule has 0 saturated carbocycles. The average Bonchev–Trinajstić information content (AvgIpc) is 2.93. The van der Waals surface area contributed by atoms with Gasteiger partial charge in [0, 0.05) is 37.3 Å². The van der Waals surface area contributed by atoms with Crippen molar-refractivity contribution in [1.29, 1.82) is 5.26 Å². The van der Waals surface area contributed by atoms with Crippen LogP contribution >= 0.6 is 11.6 Å². The number of benzene rings is 3. The minimum Gasteiger partial charge on any atom is -0.496 e. The molecule has 0 unspecified atom stereocenters. The minimum absolute atomic E-state index is 0.405. The number of aromatic nitrogens is 1. The molecule has 0 bridgehead atoms. The molecule has 3 aromatic carbocycles. The summed E-state index contributed by atoms with van der Waals surface area (Å²) in [7, 11) is 3.24. The van der Waals surface area contributed by atoms with E-state index in [1.807, 2.05) is 43.3 Å². The summed E-state index contributed by atoms with van der Waals surface area (Å²) >= 11 is 6.54. The molecule has 4 aromatic rings. The summed E-state index contributed by atoms with van der Waals surface area (Å²) in [6.45, 7) is 6.64. The van der Waals surface area contributed by atoms with E-state index >= 15 is 0 Å². The summed E-state index contributed by atoms with van der Waals surface area (Å²) in [5.74, 6) is 2.02. The van der Waals surface area contributed by atoms with Crippen molar-refractivity contribution in [1.82, 2.24) is 9.88 Å². The first-order valence-corrected chi connectivity index (χ1v) is 12.8. The van der Waals surface area contributed by atoms with E-state index < -0.39 is 0 Å². The molecule has 1 N–H and O–H groups in total. The Labute approximate surface area is 226 Å². The first kappa shape index (κ1) is 25.9. The lowest BCUT2D eigenvalue weighted by Gasteiger charge is -2.26. The van der Waals surface area contributed by atoms with Crippen molar-refractivity contribution in [2.24, 2.45) is 0 Å². The number of morpholine rings is 1. The summed E-state index contributed by atoms with van der Waals surface area (Å²) in [6.07, 6.45) is 1.57. The molecule has 8 nitrogen and oxygen atoms in total. The minimum atomic E-state index is 0.405. The Bertz CT molecular complexity index is 1530. The summed E-state index contributed by atoms with van der Waals surface area (Å²) in [5, 5.41) is 16.4. The summed E-state index contributed by atoms with van der Waals surface area (Å²) < 4.78 is 22.7. The monoisotopic (exact) mass is 532 g/mol. The van der Waals surface area contributed by atoms with Crippen LogP contribution in [0.5, 0.6) is 17.2 Å². The lowest BCUT2D eigenvalue weighted by Crippen LogP contribution is -2.38. The van der Waals surface area contributed by atoms with Gasteiger partial charge < -0.3 is 24.3 Å². The Morgan fingerprint density at radius 3 is 2.50 bits per heavy atom. The number of ether oxygens (including phenoxy) is 4. The molecule has 0 radical (unpaired) electrons. The van der Waals surface area contributed by atoms with Gasteiger partial charge in [0.2, 0.25) is 0 Å². The van der Waals surface area contributed by atoms with Gasteiger partial charge in [-0.2, -0.15) is 5.26 Å². The van der Waals surface area contributed by atoms with Crippen molar-refractivity contribution >= 4 is 44.7 Å². The van der Waals surface area contributed by atoms with Gasteiger partial charge in [-0.1, -0.05) is 11.6 Å². The average molecular weight is 533 g/mol. The number of nitrogens with one attached hydrogen (secondary N) is 1. The zero-order valence-corrected chi connectivity index (χ0v) is 22.4. The molecule has 0 aliphatic carbocycles. The van der Waals surface area contributed by atoms with Gasteiger partial charge in [-0.05, 0) is 53.6 Å². The van der Waals surface area contributed by atoms with Gasteiger partial charge in [-0.25, -0.2) is 0 Å². The summed E-state index contributed by atoms with van der Waals surface area (Å²) in [4.78, 5) is 6.88. The fourth-order valence-corrected chi connectivity index (χ4v) is 4.92. The number of pyridine rings is 1. The zero-order valence-electron chi connectivity index (χ0n) is 21.6. The number of fused-ring (bicyclic) bond motifs is 2. The van der Waals surface area contributed by atoms with Crippen LogP contribution in [0.15, 0.2) is 42.6 Å². The van der Waals surface area contributed by atoms with Crippen LogP contribution in [-0.2, 0) is 4.74 Å². The number of hydrogen-bond donors (Lipinski definition) is 1. The van der Waals surface area contributed by atoms with Gasteiger partial charge in [0.1, 0.15) is 18.4 Å². The SMILES string of the molecule is COc1cc(Nc2c(C#N)cnc3cc4cc(OCCN5CCOCC5)c(OC)cc4cc23)c(Cl)cc1C. The highest BCUT2D eigenvalue weighted by atomic mass is 35.5. The normalized spacial score (nSPS) is 13.9. The molecule has 0 spiro atoms. The number of aryl methyl sites for hydroxylation is 1. The Morgan fingerprint density at radius 1 is 1.03 bits per heavy atom. The first-order chi connectivity index (χ1) is 18.5. The van der Waals surface area contributed by atoms with Gasteiger partial charge >= 0.3 is 0 Å². The van der Waals surface area contributed by atoms with Gasteiger partial charge in [0.15, 0.2) is 11.5 Å². The van der Waals surface area contributed by atoms with E-state index in [1.54, 1.807) is 20.4 Å². The Balaban J connectivity index is 1.51. The zero-order chi connectivity index (χ0) is 26.6. The molecule has 0 atom stereocenters. The summed E-state index contributed by atoms with van der Waals surface area (Å²) in [6, 6.07) is 13.8. The predicted octanol–water partition coefficient (Wildman–Crippen LogP) is 5.69. The molecule has 1 fully saturated rings.